The van der Waals surface area contributed by atoms with Crippen LogP contribution in [0.2, 0.25) is 0 Å². The predicted molar refractivity (Wildman–Crippen MR) is 222 cm³/mol. The summed E-state index contributed by atoms with van der Waals surface area (Å²) in [4.78, 5) is 43.8. The number of aromatic nitrogens is 4. The zero-order valence-corrected chi connectivity index (χ0v) is 33.8. The number of nitrogens with zero attached hydrogens (tertiary/aromatic N) is 8. The van der Waals surface area contributed by atoms with E-state index < -0.39 is 31.9 Å². The highest BCUT2D eigenvalue weighted by atomic mass is 32.2. The highest BCUT2D eigenvalue weighted by Crippen LogP contribution is 2.24. The normalized spacial score (nSPS) is 15.2. The van der Waals surface area contributed by atoms with Gasteiger partial charge in [-0.1, -0.05) is 0 Å². The van der Waals surface area contributed by atoms with Crippen LogP contribution in [0.4, 0.5) is 46.3 Å². The molecule has 2 saturated heterocycles. The van der Waals surface area contributed by atoms with E-state index in [9.17, 15) is 26.4 Å². The maximum Gasteiger partial charge on any atom is 0.254 e. The number of hydrogen-bond donors (Lipinski definition) is 6. The van der Waals surface area contributed by atoms with Gasteiger partial charge in [-0.25, -0.2) is 26.8 Å². The standard InChI is InChI=1S/C18H25N7O3S.C17H23N7O3S/c1-3-29(27,28)25-10-8-24(9-11-25)14-6-4-13(5-7-14)22-18-21-12-15(16(19)26)17(20-2)23-18;1-19-16-14(15(18)25)11-20-17(22-16)21-12-3-5-13(6-4-12)23-7-9-24(10-8-23)28(2,26)27/h4-7,12H,3,8-11H2,1-2H3,(H2,19,26)(H2,20,21,22,23);3-6,11H,7-10H2,1-2H3,(H2,18,25)(H2,19,20,21,22). The lowest BCUT2D eigenvalue weighted by Gasteiger charge is -2.35. The highest BCUT2D eigenvalue weighted by molar-refractivity contribution is 7.89. The summed E-state index contributed by atoms with van der Waals surface area (Å²) in [5.74, 6) is 0.310. The van der Waals surface area contributed by atoms with Crippen LogP contribution in [0.3, 0.4) is 0 Å². The molecule has 2 amide bonds. The van der Waals surface area contributed by atoms with Crippen molar-refractivity contribution >= 4 is 78.1 Å². The fraction of sp³-hybridized carbons (Fsp3) is 0.371. The maximum absolute atomic E-state index is 12.0. The lowest BCUT2D eigenvalue weighted by molar-refractivity contribution is 0.0992. The fourth-order valence-corrected chi connectivity index (χ4v) is 7.99. The maximum atomic E-state index is 12.0. The van der Waals surface area contributed by atoms with Crippen molar-refractivity contribution in [1.82, 2.24) is 28.5 Å². The van der Waals surface area contributed by atoms with Gasteiger partial charge in [-0.05, 0) is 55.5 Å². The van der Waals surface area contributed by atoms with Crippen LogP contribution in [0.15, 0.2) is 60.9 Å². The average molecular weight is 825 g/mol. The molecule has 4 heterocycles. The molecule has 20 nitrogen and oxygen atoms in total. The van der Waals surface area contributed by atoms with Crippen LogP contribution in [0.5, 0.6) is 0 Å². The third-order valence-corrected chi connectivity index (χ3v) is 12.4. The molecule has 2 aliphatic rings. The molecule has 0 radical (unpaired) electrons. The first-order valence-electron chi connectivity index (χ1n) is 18.0. The van der Waals surface area contributed by atoms with E-state index in [4.69, 9.17) is 11.5 Å². The van der Waals surface area contributed by atoms with Crippen molar-refractivity contribution in [3.8, 4) is 0 Å². The van der Waals surface area contributed by atoms with Crippen LogP contribution >= 0.6 is 0 Å². The Morgan fingerprint density at radius 1 is 0.632 bits per heavy atom. The Balaban J connectivity index is 0.000000218. The molecular weight excluding hydrogens is 777 g/mol. The van der Waals surface area contributed by atoms with E-state index in [1.807, 2.05) is 48.5 Å². The van der Waals surface area contributed by atoms with Crippen molar-refractivity contribution in [2.45, 2.75) is 6.92 Å². The first-order chi connectivity index (χ1) is 27.1. The number of nitrogens with one attached hydrogen (secondary N) is 4. The molecule has 0 atom stereocenters. The van der Waals surface area contributed by atoms with E-state index in [0.717, 1.165) is 22.7 Å². The van der Waals surface area contributed by atoms with Crippen molar-refractivity contribution in [2.75, 3.05) is 110 Å². The van der Waals surface area contributed by atoms with E-state index >= 15 is 0 Å². The minimum atomic E-state index is -3.14. The Bertz CT molecular complexity index is 2250. The SMILES string of the molecule is CCS(=O)(=O)N1CCN(c2ccc(Nc3ncc(C(N)=O)c(NC)n3)cc2)CC1.CNc1nc(Nc2ccc(N3CCN(S(C)(=O)=O)CC3)cc2)ncc1C(N)=O. The molecule has 0 bridgehead atoms. The predicted octanol–water partition coefficient (Wildman–Crippen LogP) is 1.27. The highest BCUT2D eigenvalue weighted by Gasteiger charge is 2.26. The topological polar surface area (TPSA) is 267 Å². The van der Waals surface area contributed by atoms with Gasteiger partial charge in [0, 0.05) is 102 Å². The number of rotatable bonds is 13. The van der Waals surface area contributed by atoms with Crippen molar-refractivity contribution < 1.29 is 26.4 Å². The van der Waals surface area contributed by atoms with Gasteiger partial charge in [0.05, 0.1) is 23.1 Å². The van der Waals surface area contributed by atoms with Gasteiger partial charge < -0.3 is 42.5 Å². The summed E-state index contributed by atoms with van der Waals surface area (Å²) >= 11 is 0. The summed E-state index contributed by atoms with van der Waals surface area (Å²) in [5.41, 5.74) is 14.6. The number of piperazine rings is 2. The quantitative estimate of drug-likeness (QED) is 0.111. The van der Waals surface area contributed by atoms with Crippen LogP contribution in [0, 0.1) is 0 Å². The Kier molecular flexibility index (Phi) is 13.7. The molecule has 57 heavy (non-hydrogen) atoms. The summed E-state index contributed by atoms with van der Waals surface area (Å²) in [5, 5.41) is 11.8. The van der Waals surface area contributed by atoms with Gasteiger partial charge in [0.25, 0.3) is 11.8 Å². The first-order valence-corrected chi connectivity index (χ1v) is 21.4. The number of benzene rings is 2. The molecule has 22 heteroatoms. The van der Waals surface area contributed by atoms with Gasteiger partial charge in [-0.15, -0.1) is 0 Å². The van der Waals surface area contributed by atoms with Gasteiger partial charge in [0.1, 0.15) is 11.6 Å². The molecule has 2 aromatic heterocycles. The number of primary amides is 2. The van der Waals surface area contributed by atoms with Crippen LogP contribution < -0.4 is 42.5 Å². The van der Waals surface area contributed by atoms with Crippen LogP contribution in [-0.4, -0.2) is 136 Å². The minimum Gasteiger partial charge on any atom is -0.372 e. The monoisotopic (exact) mass is 824 g/mol. The van der Waals surface area contributed by atoms with Gasteiger partial charge in [0.15, 0.2) is 0 Å². The van der Waals surface area contributed by atoms with E-state index in [0.29, 0.717) is 75.9 Å². The first kappa shape index (κ1) is 42.3. The van der Waals surface area contributed by atoms with E-state index in [1.54, 1.807) is 25.3 Å². The molecule has 306 valence electrons. The van der Waals surface area contributed by atoms with Crippen molar-refractivity contribution in [2.24, 2.45) is 11.5 Å². The third-order valence-electron chi connectivity index (χ3n) is 9.26. The van der Waals surface area contributed by atoms with Crippen LogP contribution in [-0.2, 0) is 20.0 Å². The molecule has 8 N–H and O–H groups in total. The lowest BCUT2D eigenvalue weighted by atomic mass is 10.2. The van der Waals surface area contributed by atoms with E-state index in [2.05, 4.69) is 51.0 Å². The number of nitrogens with two attached hydrogens (primary N) is 2. The Hall–Kier alpha value is -5.84. The minimum absolute atomic E-state index is 0.130. The number of amides is 2. The second kappa shape index (κ2) is 18.4. The lowest BCUT2D eigenvalue weighted by Crippen LogP contribution is -2.49. The molecule has 0 aliphatic carbocycles. The molecule has 0 saturated carbocycles. The van der Waals surface area contributed by atoms with Crippen molar-refractivity contribution in [3.05, 3.63) is 72.1 Å². The Morgan fingerprint density at radius 3 is 1.32 bits per heavy atom. The summed E-state index contributed by atoms with van der Waals surface area (Å²) in [6.07, 6.45) is 3.99. The van der Waals surface area contributed by atoms with E-state index in [1.165, 1.54) is 23.0 Å². The zero-order chi connectivity index (χ0) is 41.3. The number of carbonyl (C=O) groups is 2. The van der Waals surface area contributed by atoms with Crippen molar-refractivity contribution in [1.29, 1.82) is 0 Å². The van der Waals surface area contributed by atoms with Gasteiger partial charge in [-0.3, -0.25) is 9.59 Å². The molecule has 2 aliphatic heterocycles. The number of hydrogen-bond acceptors (Lipinski definition) is 16. The largest absolute Gasteiger partial charge is 0.372 e. The van der Waals surface area contributed by atoms with Crippen molar-refractivity contribution in [3.63, 3.8) is 0 Å². The smallest absolute Gasteiger partial charge is 0.254 e. The number of sulfonamides is 2. The fourth-order valence-electron chi connectivity index (χ4n) is 6.08. The molecule has 2 fully saturated rings. The molecule has 0 unspecified atom stereocenters. The molecular formula is C35H48N14O6S2. The molecule has 0 spiro atoms. The average Bonchev–Trinajstić information content (AvgIpc) is 3.21. The van der Waals surface area contributed by atoms with Crippen LogP contribution in [0.1, 0.15) is 27.6 Å². The van der Waals surface area contributed by atoms with Gasteiger partial charge in [0.2, 0.25) is 31.9 Å². The molecule has 2 aromatic carbocycles. The summed E-state index contributed by atoms with van der Waals surface area (Å²) in [7, 11) is -2.97. The van der Waals surface area contributed by atoms with Crippen LogP contribution in [0.25, 0.3) is 0 Å². The van der Waals surface area contributed by atoms with Gasteiger partial charge in [-0.2, -0.15) is 18.6 Å². The number of anilines is 8. The van der Waals surface area contributed by atoms with E-state index in [-0.39, 0.29) is 16.9 Å². The molecule has 6 rings (SSSR count). The van der Waals surface area contributed by atoms with Gasteiger partial charge >= 0.3 is 0 Å². The number of carbonyl (C=O) groups excluding carboxylic acids is 2. The third kappa shape index (κ3) is 10.9. The second-order valence-corrected chi connectivity index (χ2v) is 17.2. The Morgan fingerprint density at radius 2 is 1.00 bits per heavy atom. The summed E-state index contributed by atoms with van der Waals surface area (Å²) < 4.78 is 50.2. The summed E-state index contributed by atoms with van der Waals surface area (Å²) in [6, 6.07) is 15.4. The summed E-state index contributed by atoms with van der Waals surface area (Å²) in [6.45, 7) is 6.18. The zero-order valence-electron chi connectivity index (χ0n) is 32.1. The molecule has 4 aromatic rings. The second-order valence-electron chi connectivity index (χ2n) is 12.9. The Labute approximate surface area is 332 Å².